The number of esters is 1. The molecule has 0 amide bonds. The second-order valence-corrected chi connectivity index (χ2v) is 12.0. The van der Waals surface area contributed by atoms with Crippen LogP contribution < -0.4 is 5.73 Å². The smallest absolute Gasteiger partial charge is 0.456 e. The zero-order chi connectivity index (χ0) is 30.1. The van der Waals surface area contributed by atoms with E-state index in [1.165, 1.54) is 10.9 Å². The molecule has 3 unspecified atom stereocenters. The SMILES string of the molecule is CCCC(=O)O[C@@H]1[C@@H](COP(=O)(O)OP(=O)(O)OC[C@H]2O[C@@H](n3cnc4c(N)ncnc43)[C@H](O)[C@@H]2O)OC(O)[C@@H]1O. The molecule has 0 saturated carbocycles. The minimum absolute atomic E-state index is 0.0153. The number of rotatable bonds is 12. The predicted octanol–water partition coefficient (Wildman–Crippen LogP) is -1.93. The Balaban J connectivity index is 1.33. The van der Waals surface area contributed by atoms with Gasteiger partial charge in [0.05, 0.1) is 19.5 Å². The molecule has 20 nitrogen and oxygen atoms in total. The van der Waals surface area contributed by atoms with Crippen LogP contribution in [0.2, 0.25) is 0 Å². The third kappa shape index (κ3) is 7.26. The van der Waals surface area contributed by atoms with Crippen molar-refractivity contribution < 1.29 is 71.7 Å². The summed E-state index contributed by atoms with van der Waals surface area (Å²) in [4.78, 5) is 43.5. The van der Waals surface area contributed by atoms with Gasteiger partial charge in [-0.1, -0.05) is 6.92 Å². The zero-order valence-corrected chi connectivity index (χ0v) is 23.0. The molecule has 230 valence electrons. The van der Waals surface area contributed by atoms with Crippen LogP contribution in [0.1, 0.15) is 26.0 Å². The Hall–Kier alpha value is -2.16. The van der Waals surface area contributed by atoms with Gasteiger partial charge in [0.1, 0.15) is 42.4 Å². The molecule has 2 aromatic rings. The maximum absolute atomic E-state index is 12.4. The Labute approximate surface area is 230 Å². The highest BCUT2D eigenvalue weighted by Gasteiger charge is 2.48. The lowest BCUT2D eigenvalue weighted by Crippen LogP contribution is -2.38. The van der Waals surface area contributed by atoms with E-state index in [-0.39, 0.29) is 23.4 Å². The van der Waals surface area contributed by atoms with Crippen molar-refractivity contribution in [2.75, 3.05) is 18.9 Å². The fourth-order valence-electron chi connectivity index (χ4n) is 4.08. The van der Waals surface area contributed by atoms with Gasteiger partial charge in [0.2, 0.25) is 0 Å². The fourth-order valence-corrected chi connectivity index (χ4v) is 6.17. The molecule has 2 saturated heterocycles. The van der Waals surface area contributed by atoms with E-state index in [4.69, 9.17) is 19.9 Å². The highest BCUT2D eigenvalue weighted by Crippen LogP contribution is 2.60. The monoisotopic (exact) mass is 629 g/mol. The van der Waals surface area contributed by atoms with Crippen LogP contribution >= 0.6 is 15.6 Å². The van der Waals surface area contributed by atoms with E-state index < -0.39 is 84.0 Å². The number of hydrogen-bond donors (Lipinski definition) is 7. The molecule has 2 fully saturated rings. The molecular formula is C19H29N5O15P2. The van der Waals surface area contributed by atoms with Crippen LogP contribution in [0.25, 0.3) is 11.2 Å². The summed E-state index contributed by atoms with van der Waals surface area (Å²) in [5, 5.41) is 40.5. The van der Waals surface area contributed by atoms with Crippen molar-refractivity contribution in [3.63, 3.8) is 0 Å². The summed E-state index contributed by atoms with van der Waals surface area (Å²) in [5.74, 6) is -0.686. The van der Waals surface area contributed by atoms with E-state index in [1.54, 1.807) is 6.92 Å². The van der Waals surface area contributed by atoms with Crippen LogP contribution in [0.5, 0.6) is 0 Å². The number of nitrogens with two attached hydrogens (primary N) is 1. The Bertz CT molecular complexity index is 1330. The lowest BCUT2D eigenvalue weighted by atomic mass is 10.1. The molecule has 2 aliphatic rings. The number of aromatic nitrogens is 4. The van der Waals surface area contributed by atoms with Crippen LogP contribution in [0.4, 0.5) is 5.82 Å². The van der Waals surface area contributed by atoms with Crippen molar-refractivity contribution in [1.82, 2.24) is 19.5 Å². The Morgan fingerprint density at radius 1 is 1.00 bits per heavy atom. The van der Waals surface area contributed by atoms with Crippen LogP contribution in [0.3, 0.4) is 0 Å². The number of phosphoric acid groups is 2. The van der Waals surface area contributed by atoms with E-state index >= 15 is 0 Å². The topological polar surface area (TPSA) is 298 Å². The van der Waals surface area contributed by atoms with Crippen LogP contribution in [0.15, 0.2) is 12.7 Å². The minimum atomic E-state index is -5.36. The van der Waals surface area contributed by atoms with Gasteiger partial charge in [-0.05, 0) is 6.42 Å². The standard InChI is InChI=1S/C19H29N5O15P2/c1-2-3-10(25)38-15-9(37-19(29)14(15)28)5-35-41(32,33)39-40(30,31)34-4-8-12(26)13(27)18(36-8)24-7-23-11-16(20)21-6-22-17(11)24/h6-9,12-15,18-19,26-29H,2-5H2,1H3,(H,30,31)(H,32,33)(H2,20,21,22)/t8-,9-,12-,13-,14-,15-,18-,19?/m1/s1. The van der Waals surface area contributed by atoms with Crippen molar-refractivity contribution >= 4 is 38.6 Å². The van der Waals surface area contributed by atoms with E-state index in [9.17, 15) is 44.1 Å². The quantitative estimate of drug-likeness (QED) is 0.0993. The summed E-state index contributed by atoms with van der Waals surface area (Å²) in [7, 11) is -10.7. The average Bonchev–Trinajstić information content (AvgIpc) is 3.52. The highest BCUT2D eigenvalue weighted by molar-refractivity contribution is 7.61. The van der Waals surface area contributed by atoms with Crippen molar-refractivity contribution in [3.8, 4) is 0 Å². The molecule has 41 heavy (non-hydrogen) atoms. The average molecular weight is 629 g/mol. The Morgan fingerprint density at radius 3 is 2.32 bits per heavy atom. The van der Waals surface area contributed by atoms with E-state index in [2.05, 4.69) is 28.3 Å². The molecule has 2 aromatic heterocycles. The first-order valence-corrected chi connectivity index (χ1v) is 15.0. The number of nitrogens with zero attached hydrogens (tertiary/aromatic N) is 4. The third-order valence-corrected chi connectivity index (χ3v) is 8.64. The summed E-state index contributed by atoms with van der Waals surface area (Å²) in [6.45, 7) is -0.122. The summed E-state index contributed by atoms with van der Waals surface area (Å²) >= 11 is 0. The summed E-state index contributed by atoms with van der Waals surface area (Å²) in [5.41, 5.74) is 6.10. The van der Waals surface area contributed by atoms with Gasteiger partial charge in [0.25, 0.3) is 0 Å². The number of aliphatic hydroxyl groups is 4. The molecule has 0 aliphatic carbocycles. The number of nitrogen functional groups attached to an aromatic ring is 1. The molecule has 0 spiro atoms. The van der Waals surface area contributed by atoms with E-state index in [1.807, 2.05) is 0 Å². The Morgan fingerprint density at radius 2 is 1.66 bits per heavy atom. The third-order valence-electron chi connectivity index (χ3n) is 6.04. The molecule has 8 N–H and O–H groups in total. The van der Waals surface area contributed by atoms with E-state index in [0.29, 0.717) is 6.42 Å². The maximum atomic E-state index is 12.4. The summed E-state index contributed by atoms with van der Waals surface area (Å²) < 4.78 is 55.0. The molecule has 4 heterocycles. The highest BCUT2D eigenvalue weighted by atomic mass is 31.3. The zero-order valence-electron chi connectivity index (χ0n) is 21.2. The normalized spacial score (nSPS) is 33.0. The van der Waals surface area contributed by atoms with Crippen molar-refractivity contribution in [2.24, 2.45) is 0 Å². The van der Waals surface area contributed by atoms with Gasteiger partial charge in [-0.25, -0.2) is 24.1 Å². The van der Waals surface area contributed by atoms with Gasteiger partial charge >= 0.3 is 21.6 Å². The van der Waals surface area contributed by atoms with E-state index in [0.717, 1.165) is 6.33 Å². The van der Waals surface area contributed by atoms with Gasteiger partial charge in [-0.3, -0.25) is 18.4 Å². The largest absolute Gasteiger partial charge is 0.481 e. The number of carbonyl (C=O) groups is 1. The number of fused-ring (bicyclic) bond motifs is 1. The fraction of sp³-hybridized carbons (Fsp3) is 0.684. The minimum Gasteiger partial charge on any atom is -0.456 e. The van der Waals surface area contributed by atoms with Gasteiger partial charge in [-0.15, -0.1) is 0 Å². The number of aliphatic hydroxyl groups excluding tert-OH is 4. The molecular weight excluding hydrogens is 600 g/mol. The lowest BCUT2D eigenvalue weighted by Gasteiger charge is -2.22. The number of imidazole rings is 1. The first-order valence-electron chi connectivity index (χ1n) is 12.0. The van der Waals surface area contributed by atoms with Gasteiger partial charge in [0, 0.05) is 6.42 Å². The molecule has 0 bridgehead atoms. The van der Waals surface area contributed by atoms with Crippen molar-refractivity contribution in [1.29, 1.82) is 0 Å². The molecule has 10 atom stereocenters. The molecule has 22 heteroatoms. The number of anilines is 1. The van der Waals surface area contributed by atoms with Gasteiger partial charge in [0.15, 0.2) is 30.1 Å². The second kappa shape index (κ2) is 12.6. The Kier molecular flexibility index (Phi) is 9.76. The van der Waals surface area contributed by atoms with Crippen LogP contribution in [0, 0.1) is 0 Å². The maximum Gasteiger partial charge on any atom is 0.481 e. The van der Waals surface area contributed by atoms with Crippen molar-refractivity contribution in [2.45, 2.75) is 68.9 Å². The van der Waals surface area contributed by atoms with Crippen molar-refractivity contribution in [3.05, 3.63) is 12.7 Å². The molecule has 0 radical (unpaired) electrons. The second-order valence-electron chi connectivity index (χ2n) is 9.00. The number of phosphoric ester groups is 2. The number of carbonyl (C=O) groups excluding carboxylic acids is 1. The van der Waals surface area contributed by atoms with Crippen LogP contribution in [-0.4, -0.2) is 112 Å². The lowest BCUT2D eigenvalue weighted by molar-refractivity contribution is -0.156. The molecule has 4 rings (SSSR count). The predicted molar refractivity (Wildman–Crippen MR) is 130 cm³/mol. The molecule has 2 aliphatic heterocycles. The van der Waals surface area contributed by atoms with Crippen LogP contribution in [-0.2, 0) is 41.5 Å². The first-order chi connectivity index (χ1) is 19.2. The summed E-state index contributed by atoms with van der Waals surface area (Å²) in [6, 6.07) is 0. The number of ether oxygens (including phenoxy) is 3. The number of hydrogen-bond acceptors (Lipinski definition) is 17. The first kappa shape index (κ1) is 31.8. The molecule has 0 aromatic carbocycles. The van der Waals surface area contributed by atoms with Gasteiger partial charge in [-0.2, -0.15) is 4.31 Å². The summed E-state index contributed by atoms with van der Waals surface area (Å²) in [6.07, 6.45) is -9.59. The van der Waals surface area contributed by atoms with Gasteiger partial charge < -0.3 is 50.2 Å².